The van der Waals surface area contributed by atoms with Crippen molar-refractivity contribution in [1.82, 2.24) is 0 Å². The highest BCUT2D eigenvalue weighted by Gasteiger charge is 2.17. The lowest BCUT2D eigenvalue weighted by Gasteiger charge is -2.04. The fraction of sp³-hybridized carbons (Fsp3) is 0.133. The van der Waals surface area contributed by atoms with Crippen LogP contribution in [0.4, 0.5) is 0 Å². The molecule has 1 amide bonds. The average molecular weight is 223 g/mol. The molecule has 0 spiro atoms. The zero-order chi connectivity index (χ0) is 11.8. The molecule has 0 saturated heterocycles. The van der Waals surface area contributed by atoms with Gasteiger partial charge in [-0.15, -0.1) is 0 Å². The molecule has 1 aliphatic carbocycles. The summed E-state index contributed by atoms with van der Waals surface area (Å²) in [6.45, 7) is 0. The van der Waals surface area contributed by atoms with Crippen molar-refractivity contribution in [2.45, 2.75) is 12.8 Å². The summed E-state index contributed by atoms with van der Waals surface area (Å²) >= 11 is 0. The van der Waals surface area contributed by atoms with E-state index in [2.05, 4.69) is 36.4 Å². The number of hydrogen-bond acceptors (Lipinski definition) is 1. The third-order valence-corrected chi connectivity index (χ3v) is 3.24. The van der Waals surface area contributed by atoms with Gasteiger partial charge in [0.15, 0.2) is 0 Å². The molecule has 0 aliphatic heterocycles. The molecular weight excluding hydrogens is 210 g/mol. The van der Waals surface area contributed by atoms with Crippen molar-refractivity contribution in [3.05, 3.63) is 59.2 Å². The van der Waals surface area contributed by atoms with E-state index in [0.717, 1.165) is 12.0 Å². The number of rotatable bonds is 2. The zero-order valence-electron chi connectivity index (χ0n) is 9.44. The molecule has 84 valence electrons. The number of amides is 1. The van der Waals surface area contributed by atoms with Crippen LogP contribution in [-0.4, -0.2) is 5.91 Å². The summed E-state index contributed by atoms with van der Waals surface area (Å²) in [4.78, 5) is 10.9. The van der Waals surface area contributed by atoms with Crippen molar-refractivity contribution >= 4 is 5.91 Å². The molecule has 2 nitrogen and oxygen atoms in total. The standard InChI is InChI=1S/C15H13NO/c16-15(17)8-10-5-6-12-9-11-3-1-2-4-13(11)14(12)7-10/h1-7H,8-9H2,(H2,16,17). The van der Waals surface area contributed by atoms with Gasteiger partial charge in [0.05, 0.1) is 6.42 Å². The summed E-state index contributed by atoms with van der Waals surface area (Å²) in [5, 5.41) is 0. The van der Waals surface area contributed by atoms with E-state index in [1.165, 1.54) is 22.3 Å². The molecule has 0 bridgehead atoms. The number of benzene rings is 2. The predicted molar refractivity (Wildman–Crippen MR) is 67.6 cm³/mol. The Morgan fingerprint density at radius 3 is 2.65 bits per heavy atom. The van der Waals surface area contributed by atoms with Crippen LogP contribution in [-0.2, 0) is 17.6 Å². The summed E-state index contributed by atoms with van der Waals surface area (Å²) in [6.07, 6.45) is 1.30. The van der Waals surface area contributed by atoms with Crippen LogP contribution in [0, 0.1) is 0 Å². The first-order valence-corrected chi connectivity index (χ1v) is 5.72. The monoisotopic (exact) mass is 223 g/mol. The van der Waals surface area contributed by atoms with Crippen LogP contribution < -0.4 is 5.73 Å². The largest absolute Gasteiger partial charge is 0.369 e. The van der Waals surface area contributed by atoms with Gasteiger partial charge >= 0.3 is 0 Å². The van der Waals surface area contributed by atoms with E-state index in [-0.39, 0.29) is 5.91 Å². The Balaban J connectivity index is 2.08. The molecule has 0 saturated carbocycles. The summed E-state index contributed by atoms with van der Waals surface area (Å²) in [5.41, 5.74) is 11.4. The molecule has 0 fully saturated rings. The Bertz CT molecular complexity index is 602. The number of carbonyl (C=O) groups excluding carboxylic acids is 1. The maximum Gasteiger partial charge on any atom is 0.221 e. The highest BCUT2D eigenvalue weighted by atomic mass is 16.1. The Morgan fingerprint density at radius 1 is 1.06 bits per heavy atom. The highest BCUT2D eigenvalue weighted by molar-refractivity contribution is 5.80. The van der Waals surface area contributed by atoms with E-state index in [4.69, 9.17) is 5.73 Å². The Labute approximate surface area is 100 Å². The lowest BCUT2D eigenvalue weighted by molar-refractivity contribution is -0.117. The van der Waals surface area contributed by atoms with Gasteiger partial charge in [-0.2, -0.15) is 0 Å². The number of fused-ring (bicyclic) bond motifs is 3. The topological polar surface area (TPSA) is 43.1 Å². The second-order valence-corrected chi connectivity index (χ2v) is 4.47. The normalized spacial score (nSPS) is 12.0. The second-order valence-electron chi connectivity index (χ2n) is 4.47. The molecule has 17 heavy (non-hydrogen) atoms. The summed E-state index contributed by atoms with van der Waals surface area (Å²) in [6, 6.07) is 14.6. The SMILES string of the molecule is NC(=O)Cc1ccc2c(c1)-c1ccccc1C2. The van der Waals surface area contributed by atoms with Crippen molar-refractivity contribution in [3.63, 3.8) is 0 Å². The first kappa shape index (κ1) is 10.1. The fourth-order valence-electron chi connectivity index (χ4n) is 2.48. The molecule has 3 rings (SSSR count). The van der Waals surface area contributed by atoms with Gasteiger partial charge in [-0.3, -0.25) is 4.79 Å². The minimum atomic E-state index is -0.281. The molecule has 0 heterocycles. The van der Waals surface area contributed by atoms with Gasteiger partial charge in [0.25, 0.3) is 0 Å². The fourth-order valence-corrected chi connectivity index (χ4v) is 2.48. The molecule has 2 N–H and O–H groups in total. The molecule has 2 heteroatoms. The van der Waals surface area contributed by atoms with Crippen LogP contribution in [0.5, 0.6) is 0 Å². The van der Waals surface area contributed by atoms with Crippen molar-refractivity contribution in [1.29, 1.82) is 0 Å². The Hall–Kier alpha value is -2.09. The molecule has 1 aliphatic rings. The Morgan fingerprint density at radius 2 is 1.82 bits per heavy atom. The zero-order valence-corrected chi connectivity index (χ0v) is 9.44. The van der Waals surface area contributed by atoms with Crippen LogP contribution >= 0.6 is 0 Å². The third-order valence-electron chi connectivity index (χ3n) is 3.24. The van der Waals surface area contributed by atoms with Gasteiger partial charge in [-0.25, -0.2) is 0 Å². The van der Waals surface area contributed by atoms with Crippen LogP contribution in [0.15, 0.2) is 42.5 Å². The second kappa shape index (κ2) is 3.74. The summed E-state index contributed by atoms with van der Waals surface area (Å²) in [7, 11) is 0. The molecule has 2 aromatic carbocycles. The van der Waals surface area contributed by atoms with Crippen LogP contribution in [0.25, 0.3) is 11.1 Å². The lowest BCUT2D eigenvalue weighted by atomic mass is 10.0. The van der Waals surface area contributed by atoms with Gasteiger partial charge in [0, 0.05) is 0 Å². The Kier molecular flexibility index (Phi) is 2.22. The maximum atomic E-state index is 10.9. The van der Waals surface area contributed by atoms with Crippen molar-refractivity contribution in [2.75, 3.05) is 0 Å². The van der Waals surface area contributed by atoms with Gasteiger partial charge in [-0.1, -0.05) is 42.5 Å². The van der Waals surface area contributed by atoms with E-state index in [9.17, 15) is 4.79 Å². The van der Waals surface area contributed by atoms with Crippen LogP contribution in [0.1, 0.15) is 16.7 Å². The lowest BCUT2D eigenvalue weighted by Crippen LogP contribution is -2.13. The number of nitrogens with two attached hydrogens (primary N) is 1. The van der Waals surface area contributed by atoms with Crippen molar-refractivity contribution < 1.29 is 4.79 Å². The molecule has 0 radical (unpaired) electrons. The van der Waals surface area contributed by atoms with Gasteiger partial charge < -0.3 is 5.73 Å². The smallest absolute Gasteiger partial charge is 0.221 e. The van der Waals surface area contributed by atoms with E-state index < -0.39 is 0 Å². The minimum Gasteiger partial charge on any atom is -0.369 e. The van der Waals surface area contributed by atoms with Crippen molar-refractivity contribution in [2.24, 2.45) is 5.73 Å². The van der Waals surface area contributed by atoms with Gasteiger partial charge in [-0.05, 0) is 34.2 Å². The predicted octanol–water partition coefficient (Wildman–Crippen LogP) is 2.29. The maximum absolute atomic E-state index is 10.9. The van der Waals surface area contributed by atoms with Crippen molar-refractivity contribution in [3.8, 4) is 11.1 Å². The summed E-state index contributed by atoms with van der Waals surface area (Å²) in [5.74, 6) is -0.281. The van der Waals surface area contributed by atoms with Crippen LogP contribution in [0.3, 0.4) is 0 Å². The number of primary amides is 1. The van der Waals surface area contributed by atoms with E-state index in [0.29, 0.717) is 6.42 Å². The molecule has 0 atom stereocenters. The highest BCUT2D eigenvalue weighted by Crippen LogP contribution is 2.36. The van der Waals surface area contributed by atoms with E-state index in [1.54, 1.807) is 0 Å². The summed E-state index contributed by atoms with van der Waals surface area (Å²) < 4.78 is 0. The van der Waals surface area contributed by atoms with E-state index >= 15 is 0 Å². The first-order chi connectivity index (χ1) is 8.24. The first-order valence-electron chi connectivity index (χ1n) is 5.72. The number of hydrogen-bond donors (Lipinski definition) is 1. The van der Waals surface area contributed by atoms with Crippen LogP contribution in [0.2, 0.25) is 0 Å². The number of carbonyl (C=O) groups is 1. The molecule has 2 aromatic rings. The van der Waals surface area contributed by atoms with E-state index in [1.807, 2.05) is 6.07 Å². The molecule has 0 aromatic heterocycles. The average Bonchev–Trinajstić information content (AvgIpc) is 2.66. The van der Waals surface area contributed by atoms with Gasteiger partial charge in [0.2, 0.25) is 5.91 Å². The quantitative estimate of drug-likeness (QED) is 0.711. The molecule has 0 unspecified atom stereocenters. The molecular formula is C15H13NO. The third kappa shape index (κ3) is 1.72. The minimum absolute atomic E-state index is 0.281. The van der Waals surface area contributed by atoms with Gasteiger partial charge in [0.1, 0.15) is 0 Å².